The molecular weight excluding hydrogens is 656 g/mol. The number of likely N-dealkylation sites (N-methyl/N-ethyl adjacent to an activating group) is 2. The van der Waals surface area contributed by atoms with Crippen molar-refractivity contribution in [3.05, 3.63) is 35.6 Å². The minimum atomic E-state index is -1.09. The predicted molar refractivity (Wildman–Crippen MR) is 212 cm³/mol. The normalized spacial score (nSPS) is 18.9. The van der Waals surface area contributed by atoms with Crippen LogP contribution >= 0.6 is 0 Å². The highest BCUT2D eigenvalue weighted by molar-refractivity contribution is 5.82. The molecule has 1 aromatic carbocycles. The standard InChI is InChI=1S/C28H45N3O4.C13H27N3O/c1-20(2)16-24-17-22-10-8-12-25(26(22)35-24)28(33,13-6-7-15-34-5)23-11-9-14-31(19-23)27(32)30-21(3)18-29-4;1-11(2)9-12(10-14-3)15-13(17)16-7-5-4-6-8-16/h8,10,12,17,20-21,23,29,33H,6-7,9,11,13-16,18-19H2,1-5H3,(H,30,32);11-12,14H,4-10H2,1-3H3,(H,15,17)/t21-,23+,28-;12-/m00/s1. The molecule has 0 radical (unpaired) electrons. The summed E-state index contributed by atoms with van der Waals surface area (Å²) < 4.78 is 11.6. The van der Waals surface area contributed by atoms with Gasteiger partial charge in [0, 0.05) is 88.4 Å². The number of para-hydroxylation sites is 1. The van der Waals surface area contributed by atoms with E-state index in [1.54, 1.807) is 7.11 Å². The fourth-order valence-electron chi connectivity index (χ4n) is 7.74. The smallest absolute Gasteiger partial charge is 0.317 e. The van der Waals surface area contributed by atoms with E-state index in [0.717, 1.165) is 93.3 Å². The van der Waals surface area contributed by atoms with Gasteiger partial charge in [-0.1, -0.05) is 45.9 Å². The third-order valence-corrected chi connectivity index (χ3v) is 10.3. The number of unbranched alkanes of at least 4 members (excludes halogenated alkanes) is 1. The molecule has 2 aliphatic rings. The maximum atomic E-state index is 13.0. The van der Waals surface area contributed by atoms with Crippen molar-refractivity contribution < 1.29 is 23.8 Å². The van der Waals surface area contributed by atoms with Crippen molar-refractivity contribution in [3.8, 4) is 0 Å². The lowest BCUT2D eigenvalue weighted by Gasteiger charge is -2.43. The van der Waals surface area contributed by atoms with Gasteiger partial charge in [-0.2, -0.15) is 0 Å². The molecule has 4 rings (SSSR count). The van der Waals surface area contributed by atoms with Crippen molar-refractivity contribution in [1.82, 2.24) is 31.1 Å². The topological polar surface area (TPSA) is 131 Å². The molecule has 4 amide bonds. The molecule has 52 heavy (non-hydrogen) atoms. The summed E-state index contributed by atoms with van der Waals surface area (Å²) in [7, 11) is 5.52. The van der Waals surface area contributed by atoms with Crippen LogP contribution in [-0.4, -0.2) is 106 Å². The quantitative estimate of drug-likeness (QED) is 0.118. The number of furan rings is 1. The van der Waals surface area contributed by atoms with Crippen LogP contribution < -0.4 is 21.3 Å². The average molecular weight is 729 g/mol. The molecule has 4 atom stereocenters. The minimum Gasteiger partial charge on any atom is -0.461 e. The SMILES string of the molecule is CNC[C@H](C)NC(=O)N1CCC[C@@H]([C@@](O)(CCCCOC)c2cccc3cc(CC(C)C)oc23)C1.CNC[C@H](CC(C)C)NC(=O)N1CCCCC1. The molecule has 296 valence electrons. The zero-order valence-corrected chi connectivity index (χ0v) is 33.7. The van der Waals surface area contributed by atoms with Crippen LogP contribution in [0.25, 0.3) is 11.0 Å². The van der Waals surface area contributed by atoms with Crippen LogP contribution in [0.3, 0.4) is 0 Å². The Morgan fingerprint density at radius 1 is 0.923 bits per heavy atom. The van der Waals surface area contributed by atoms with Gasteiger partial charge in [-0.05, 0) is 96.7 Å². The summed E-state index contributed by atoms with van der Waals surface area (Å²) in [6.07, 6.45) is 9.50. The van der Waals surface area contributed by atoms with Gasteiger partial charge in [0.25, 0.3) is 0 Å². The lowest BCUT2D eigenvalue weighted by Crippen LogP contribution is -2.53. The highest BCUT2D eigenvalue weighted by Gasteiger charge is 2.43. The summed E-state index contributed by atoms with van der Waals surface area (Å²) in [5.74, 6) is 1.97. The van der Waals surface area contributed by atoms with Crippen LogP contribution in [0.2, 0.25) is 0 Å². The Morgan fingerprint density at radius 3 is 2.27 bits per heavy atom. The molecule has 3 heterocycles. The van der Waals surface area contributed by atoms with Crippen molar-refractivity contribution in [2.24, 2.45) is 17.8 Å². The van der Waals surface area contributed by atoms with Crippen LogP contribution in [0.1, 0.15) is 104 Å². The number of hydrogen-bond acceptors (Lipinski definition) is 7. The second-order valence-corrected chi connectivity index (χ2v) is 16.0. The molecule has 1 aromatic heterocycles. The second-order valence-electron chi connectivity index (χ2n) is 16.0. The largest absolute Gasteiger partial charge is 0.461 e. The van der Waals surface area contributed by atoms with E-state index in [2.05, 4.69) is 61.1 Å². The fourth-order valence-corrected chi connectivity index (χ4v) is 7.74. The number of methoxy groups -OCH3 is 1. The fraction of sp³-hybridized carbons (Fsp3) is 0.756. The third-order valence-electron chi connectivity index (χ3n) is 10.3. The zero-order chi connectivity index (χ0) is 38.1. The minimum absolute atomic E-state index is 0.0389. The van der Waals surface area contributed by atoms with Crippen LogP contribution in [0.15, 0.2) is 28.7 Å². The number of piperidine rings is 2. The highest BCUT2D eigenvalue weighted by Crippen LogP contribution is 2.43. The van der Waals surface area contributed by atoms with Gasteiger partial charge in [-0.3, -0.25) is 0 Å². The van der Waals surface area contributed by atoms with Gasteiger partial charge < -0.3 is 45.3 Å². The molecule has 2 saturated heterocycles. The Balaban J connectivity index is 0.000000359. The first-order valence-electron chi connectivity index (χ1n) is 20.0. The number of likely N-dealkylation sites (tertiary alicyclic amines) is 2. The van der Waals surface area contributed by atoms with Crippen molar-refractivity contribution in [2.75, 3.05) is 67.1 Å². The molecule has 2 fully saturated rings. The number of amides is 4. The first-order chi connectivity index (χ1) is 24.9. The number of ether oxygens (including phenoxy) is 1. The Labute approximate surface area is 314 Å². The highest BCUT2D eigenvalue weighted by atomic mass is 16.5. The molecule has 11 nitrogen and oxygen atoms in total. The number of rotatable bonds is 17. The number of fused-ring (bicyclic) bond motifs is 1. The van der Waals surface area contributed by atoms with Crippen LogP contribution in [0.4, 0.5) is 9.59 Å². The third kappa shape index (κ3) is 13.5. The lowest BCUT2D eigenvalue weighted by atomic mass is 9.73. The van der Waals surface area contributed by atoms with E-state index in [0.29, 0.717) is 44.5 Å². The first-order valence-corrected chi connectivity index (χ1v) is 20.0. The first kappa shape index (κ1) is 43.5. The molecule has 2 aliphatic heterocycles. The summed E-state index contributed by atoms with van der Waals surface area (Å²) >= 11 is 0. The van der Waals surface area contributed by atoms with Crippen LogP contribution in [0.5, 0.6) is 0 Å². The number of nitrogens with one attached hydrogen (secondary N) is 4. The van der Waals surface area contributed by atoms with Crippen molar-refractivity contribution >= 4 is 23.0 Å². The molecule has 5 N–H and O–H groups in total. The summed E-state index contributed by atoms with van der Waals surface area (Å²) in [5.41, 5.74) is 0.537. The van der Waals surface area contributed by atoms with E-state index in [9.17, 15) is 14.7 Å². The monoisotopic (exact) mass is 729 g/mol. The van der Waals surface area contributed by atoms with E-state index in [1.165, 1.54) is 6.42 Å². The molecule has 0 unspecified atom stereocenters. The number of benzene rings is 1. The van der Waals surface area contributed by atoms with E-state index < -0.39 is 5.60 Å². The van der Waals surface area contributed by atoms with E-state index >= 15 is 0 Å². The van der Waals surface area contributed by atoms with Crippen molar-refractivity contribution in [2.45, 2.75) is 117 Å². The van der Waals surface area contributed by atoms with Gasteiger partial charge in [0.05, 0.1) is 5.60 Å². The number of carbonyl (C=O) groups is 2. The van der Waals surface area contributed by atoms with Crippen LogP contribution in [0, 0.1) is 17.8 Å². The van der Waals surface area contributed by atoms with Gasteiger partial charge in [-0.25, -0.2) is 9.59 Å². The zero-order valence-electron chi connectivity index (χ0n) is 33.7. The van der Waals surface area contributed by atoms with Gasteiger partial charge in [0.15, 0.2) is 0 Å². The summed E-state index contributed by atoms with van der Waals surface area (Å²) in [6.45, 7) is 16.0. The summed E-state index contributed by atoms with van der Waals surface area (Å²) in [4.78, 5) is 28.9. The molecule has 0 spiro atoms. The van der Waals surface area contributed by atoms with Gasteiger partial charge >= 0.3 is 12.1 Å². The van der Waals surface area contributed by atoms with Gasteiger partial charge in [0.1, 0.15) is 11.3 Å². The van der Waals surface area contributed by atoms with Crippen molar-refractivity contribution in [3.63, 3.8) is 0 Å². The number of aliphatic hydroxyl groups is 1. The molecule has 0 bridgehead atoms. The van der Waals surface area contributed by atoms with E-state index in [-0.39, 0.29) is 30.1 Å². The predicted octanol–water partition coefficient (Wildman–Crippen LogP) is 6.48. The van der Waals surface area contributed by atoms with Crippen molar-refractivity contribution in [1.29, 1.82) is 0 Å². The Kier molecular flexibility index (Phi) is 18.7. The number of carbonyl (C=O) groups excluding carboxylic acids is 2. The molecule has 11 heteroatoms. The molecular formula is C41H72N6O5. The van der Waals surface area contributed by atoms with Crippen LogP contribution in [-0.2, 0) is 16.8 Å². The molecule has 2 aromatic rings. The summed E-state index contributed by atoms with van der Waals surface area (Å²) in [6, 6.07) is 8.52. The Hall–Kier alpha value is -2.86. The average Bonchev–Trinajstić information content (AvgIpc) is 3.52. The number of hydrogen-bond donors (Lipinski definition) is 5. The summed E-state index contributed by atoms with van der Waals surface area (Å²) in [5, 5.41) is 25.9. The van der Waals surface area contributed by atoms with Gasteiger partial charge in [-0.15, -0.1) is 0 Å². The lowest BCUT2D eigenvalue weighted by molar-refractivity contribution is -0.0558. The Bertz CT molecular complexity index is 1330. The number of nitrogens with zero attached hydrogens (tertiary/aromatic N) is 2. The van der Waals surface area contributed by atoms with Gasteiger partial charge in [0.2, 0.25) is 0 Å². The molecule has 0 saturated carbocycles. The maximum absolute atomic E-state index is 13.0. The van der Waals surface area contributed by atoms with E-state index in [4.69, 9.17) is 9.15 Å². The second kappa shape index (κ2) is 22.4. The number of urea groups is 2. The maximum Gasteiger partial charge on any atom is 0.317 e. The Morgan fingerprint density at radius 2 is 1.62 bits per heavy atom. The molecule has 0 aliphatic carbocycles. The van der Waals surface area contributed by atoms with E-state index in [1.807, 2.05) is 43.0 Å².